The van der Waals surface area contributed by atoms with Gasteiger partial charge in [0.15, 0.2) is 5.82 Å². The van der Waals surface area contributed by atoms with Gasteiger partial charge in [-0.1, -0.05) is 0 Å². The molecule has 2 heterocycles. The standard InChI is InChI=1S/C16H18F2N4/c17-13-5-6-15(18)12(9-13)10-19-14-3-2-8-22(11-14)16-4-1-7-20-21-16/h1,4-7,9,14,19H,2-3,8,10-11H2/t14-/m0/s1. The van der Waals surface area contributed by atoms with Gasteiger partial charge in [0.25, 0.3) is 0 Å². The van der Waals surface area contributed by atoms with Crippen LogP contribution in [0.1, 0.15) is 18.4 Å². The molecule has 4 nitrogen and oxygen atoms in total. The van der Waals surface area contributed by atoms with Crippen LogP contribution in [0.3, 0.4) is 0 Å². The molecule has 1 aromatic heterocycles. The zero-order chi connectivity index (χ0) is 15.4. The number of nitrogens with zero attached hydrogens (tertiary/aromatic N) is 3. The summed E-state index contributed by atoms with van der Waals surface area (Å²) in [4.78, 5) is 2.16. The van der Waals surface area contributed by atoms with Gasteiger partial charge < -0.3 is 10.2 Å². The quantitative estimate of drug-likeness (QED) is 0.942. The number of rotatable bonds is 4. The second kappa shape index (κ2) is 6.79. The van der Waals surface area contributed by atoms with E-state index in [0.717, 1.165) is 37.8 Å². The first-order valence-electron chi connectivity index (χ1n) is 7.42. The molecule has 1 fully saturated rings. The van der Waals surface area contributed by atoms with E-state index in [2.05, 4.69) is 20.4 Å². The Hall–Kier alpha value is -2.08. The summed E-state index contributed by atoms with van der Waals surface area (Å²) < 4.78 is 26.8. The summed E-state index contributed by atoms with van der Waals surface area (Å²) in [5.41, 5.74) is 0.358. The molecule has 1 aromatic carbocycles. The highest BCUT2D eigenvalue weighted by atomic mass is 19.1. The molecule has 1 aliphatic heterocycles. The van der Waals surface area contributed by atoms with Crippen LogP contribution in [0.25, 0.3) is 0 Å². The lowest BCUT2D eigenvalue weighted by molar-refractivity contribution is 0.415. The van der Waals surface area contributed by atoms with Gasteiger partial charge >= 0.3 is 0 Å². The molecule has 3 rings (SSSR count). The molecule has 0 aliphatic carbocycles. The first-order valence-corrected chi connectivity index (χ1v) is 7.42. The maximum atomic E-state index is 13.6. The van der Waals surface area contributed by atoms with Crippen LogP contribution in [0.15, 0.2) is 36.5 Å². The summed E-state index contributed by atoms with van der Waals surface area (Å²) in [7, 11) is 0. The zero-order valence-corrected chi connectivity index (χ0v) is 12.2. The summed E-state index contributed by atoms with van der Waals surface area (Å²) in [5.74, 6) is 0.0597. The van der Waals surface area contributed by atoms with E-state index in [0.29, 0.717) is 12.1 Å². The van der Waals surface area contributed by atoms with Crippen molar-refractivity contribution in [3.05, 3.63) is 53.7 Å². The molecule has 0 spiro atoms. The average Bonchev–Trinajstić information content (AvgIpc) is 2.57. The molecule has 0 saturated carbocycles. The van der Waals surface area contributed by atoms with Crippen LogP contribution in [0.4, 0.5) is 14.6 Å². The number of anilines is 1. The third-order valence-electron chi connectivity index (χ3n) is 3.89. The maximum absolute atomic E-state index is 13.6. The zero-order valence-electron chi connectivity index (χ0n) is 12.2. The van der Waals surface area contributed by atoms with Gasteiger partial charge in [-0.15, -0.1) is 5.10 Å². The molecule has 0 radical (unpaired) electrons. The highest BCUT2D eigenvalue weighted by Crippen LogP contribution is 2.17. The van der Waals surface area contributed by atoms with Crippen molar-refractivity contribution in [3.8, 4) is 0 Å². The predicted molar refractivity (Wildman–Crippen MR) is 80.5 cm³/mol. The fourth-order valence-electron chi connectivity index (χ4n) is 2.75. The average molecular weight is 304 g/mol. The molecular weight excluding hydrogens is 286 g/mol. The molecule has 116 valence electrons. The van der Waals surface area contributed by atoms with Crippen molar-refractivity contribution < 1.29 is 8.78 Å². The summed E-state index contributed by atoms with van der Waals surface area (Å²) in [6.07, 6.45) is 3.68. The molecule has 1 N–H and O–H groups in total. The monoisotopic (exact) mass is 304 g/mol. The molecule has 22 heavy (non-hydrogen) atoms. The summed E-state index contributed by atoms with van der Waals surface area (Å²) in [5, 5.41) is 11.3. The van der Waals surface area contributed by atoms with Crippen LogP contribution in [0, 0.1) is 11.6 Å². The van der Waals surface area contributed by atoms with E-state index >= 15 is 0 Å². The van der Waals surface area contributed by atoms with Crippen molar-refractivity contribution in [2.45, 2.75) is 25.4 Å². The predicted octanol–water partition coefficient (Wildman–Crippen LogP) is 2.51. The number of benzene rings is 1. The fourth-order valence-corrected chi connectivity index (χ4v) is 2.75. The molecular formula is C16H18F2N4. The maximum Gasteiger partial charge on any atom is 0.151 e. The minimum Gasteiger partial charge on any atom is -0.354 e. The Bertz CT molecular complexity index is 621. The highest BCUT2D eigenvalue weighted by Gasteiger charge is 2.21. The number of piperidine rings is 1. The lowest BCUT2D eigenvalue weighted by atomic mass is 10.1. The summed E-state index contributed by atoms with van der Waals surface area (Å²) >= 11 is 0. The van der Waals surface area contributed by atoms with E-state index in [4.69, 9.17) is 0 Å². The van der Waals surface area contributed by atoms with Crippen LogP contribution < -0.4 is 10.2 Å². The van der Waals surface area contributed by atoms with Gasteiger partial charge in [0, 0.05) is 37.4 Å². The molecule has 0 unspecified atom stereocenters. The molecule has 1 aliphatic rings. The van der Waals surface area contributed by atoms with E-state index in [9.17, 15) is 8.78 Å². The Morgan fingerprint density at radius 1 is 1.27 bits per heavy atom. The molecule has 0 amide bonds. The number of hydrogen-bond acceptors (Lipinski definition) is 4. The largest absolute Gasteiger partial charge is 0.354 e. The number of hydrogen-bond donors (Lipinski definition) is 1. The molecule has 2 aromatic rings. The topological polar surface area (TPSA) is 41.0 Å². The minimum atomic E-state index is -0.414. The normalized spacial score (nSPS) is 18.5. The van der Waals surface area contributed by atoms with Crippen molar-refractivity contribution >= 4 is 5.82 Å². The smallest absolute Gasteiger partial charge is 0.151 e. The third kappa shape index (κ3) is 3.57. The lowest BCUT2D eigenvalue weighted by Gasteiger charge is -2.33. The van der Waals surface area contributed by atoms with Crippen LogP contribution >= 0.6 is 0 Å². The summed E-state index contributed by atoms with van der Waals surface area (Å²) in [6, 6.07) is 7.56. The van der Waals surface area contributed by atoms with Gasteiger partial charge in [0.2, 0.25) is 0 Å². The fraction of sp³-hybridized carbons (Fsp3) is 0.375. The van der Waals surface area contributed by atoms with Crippen LogP contribution in [0.5, 0.6) is 0 Å². The lowest BCUT2D eigenvalue weighted by Crippen LogP contribution is -2.45. The van der Waals surface area contributed by atoms with E-state index in [1.807, 2.05) is 12.1 Å². The first kappa shape index (κ1) is 14.8. The van der Waals surface area contributed by atoms with Gasteiger partial charge in [-0.05, 0) is 43.2 Å². The van der Waals surface area contributed by atoms with Crippen LogP contribution in [0.2, 0.25) is 0 Å². The number of halogens is 2. The summed E-state index contributed by atoms with van der Waals surface area (Å²) in [6.45, 7) is 2.05. The Balaban J connectivity index is 1.60. The van der Waals surface area contributed by atoms with Gasteiger partial charge in [0.05, 0.1) is 0 Å². The number of nitrogens with one attached hydrogen (secondary N) is 1. The second-order valence-electron chi connectivity index (χ2n) is 5.48. The molecule has 1 atom stereocenters. The van der Waals surface area contributed by atoms with Crippen molar-refractivity contribution in [2.24, 2.45) is 0 Å². The second-order valence-corrected chi connectivity index (χ2v) is 5.48. The van der Waals surface area contributed by atoms with E-state index in [-0.39, 0.29) is 11.9 Å². The van der Waals surface area contributed by atoms with Crippen LogP contribution in [-0.4, -0.2) is 29.3 Å². The van der Waals surface area contributed by atoms with Gasteiger partial charge in [-0.3, -0.25) is 0 Å². The van der Waals surface area contributed by atoms with E-state index < -0.39 is 5.82 Å². The van der Waals surface area contributed by atoms with Crippen molar-refractivity contribution in [2.75, 3.05) is 18.0 Å². The third-order valence-corrected chi connectivity index (χ3v) is 3.89. The van der Waals surface area contributed by atoms with Crippen molar-refractivity contribution in [1.29, 1.82) is 0 Å². The Morgan fingerprint density at radius 2 is 2.18 bits per heavy atom. The van der Waals surface area contributed by atoms with Gasteiger partial charge in [-0.2, -0.15) is 5.10 Å². The van der Waals surface area contributed by atoms with Gasteiger partial charge in [0.1, 0.15) is 11.6 Å². The SMILES string of the molecule is Fc1ccc(F)c(CN[C@H]2CCCN(c3cccnn3)C2)c1. The van der Waals surface area contributed by atoms with Gasteiger partial charge in [-0.25, -0.2) is 8.78 Å². The van der Waals surface area contributed by atoms with Crippen molar-refractivity contribution in [1.82, 2.24) is 15.5 Å². The molecule has 6 heteroatoms. The van der Waals surface area contributed by atoms with Crippen molar-refractivity contribution in [3.63, 3.8) is 0 Å². The Kier molecular flexibility index (Phi) is 4.58. The highest BCUT2D eigenvalue weighted by molar-refractivity contribution is 5.37. The minimum absolute atomic E-state index is 0.221. The Morgan fingerprint density at radius 3 is 3.00 bits per heavy atom. The first-order chi connectivity index (χ1) is 10.7. The Labute approximate surface area is 128 Å². The van der Waals surface area contributed by atoms with Crippen LogP contribution in [-0.2, 0) is 6.54 Å². The molecule has 0 bridgehead atoms. The molecule has 1 saturated heterocycles. The van der Waals surface area contributed by atoms with E-state index in [1.54, 1.807) is 6.20 Å². The number of aromatic nitrogens is 2. The van der Waals surface area contributed by atoms with E-state index in [1.165, 1.54) is 12.1 Å².